The molecule has 0 fully saturated rings. The molecule has 0 saturated heterocycles. The molecule has 2 heteroatoms. The van der Waals surface area contributed by atoms with E-state index in [1.54, 1.807) is 0 Å². The van der Waals surface area contributed by atoms with Crippen LogP contribution in [0.25, 0.3) is 109 Å². The van der Waals surface area contributed by atoms with Gasteiger partial charge < -0.3 is 0 Å². The molecule has 0 spiro atoms. The summed E-state index contributed by atoms with van der Waals surface area (Å²) in [4.78, 5) is 9.59. The molecule has 54 heavy (non-hydrogen) atoms. The van der Waals surface area contributed by atoms with Gasteiger partial charge in [-0.1, -0.05) is 158 Å². The molecule has 0 bridgehead atoms. The van der Waals surface area contributed by atoms with E-state index in [0.717, 1.165) is 27.7 Å². The van der Waals surface area contributed by atoms with Gasteiger partial charge in [-0.05, 0) is 122 Å². The number of aromatic nitrogens is 2. The second-order valence-corrected chi connectivity index (χ2v) is 14.1. The lowest BCUT2D eigenvalue weighted by molar-refractivity contribution is 1.18. The first-order valence-electron chi connectivity index (χ1n) is 18.5. The lowest BCUT2D eigenvalue weighted by Crippen LogP contribution is -1.95. The maximum absolute atomic E-state index is 4.80. The Morgan fingerprint density at radius 3 is 1.57 bits per heavy atom. The summed E-state index contributed by atoms with van der Waals surface area (Å²) in [5.41, 5.74) is 8.30. The topological polar surface area (TPSA) is 25.8 Å². The lowest BCUT2D eigenvalue weighted by Gasteiger charge is -2.19. The predicted molar refractivity (Wildman–Crippen MR) is 229 cm³/mol. The molecule has 0 unspecified atom stereocenters. The Balaban J connectivity index is 1.19. The van der Waals surface area contributed by atoms with E-state index >= 15 is 0 Å². The van der Waals surface area contributed by atoms with Crippen molar-refractivity contribution in [3.05, 3.63) is 194 Å². The van der Waals surface area contributed by atoms with Crippen LogP contribution in [0.3, 0.4) is 0 Å². The summed E-state index contributed by atoms with van der Waals surface area (Å²) in [7, 11) is 0. The fourth-order valence-corrected chi connectivity index (χ4v) is 8.73. The maximum Gasteiger partial charge on any atom is 0.160 e. The van der Waals surface area contributed by atoms with Gasteiger partial charge in [0, 0.05) is 18.0 Å². The third-order valence-corrected chi connectivity index (χ3v) is 11.1. The molecule has 250 valence electrons. The molecule has 0 atom stereocenters. The third kappa shape index (κ3) is 4.74. The predicted octanol–water partition coefficient (Wildman–Crippen LogP) is 14.1. The van der Waals surface area contributed by atoms with E-state index in [2.05, 4.69) is 176 Å². The number of rotatable bonds is 4. The van der Waals surface area contributed by atoms with Crippen molar-refractivity contribution in [3.8, 4) is 44.8 Å². The van der Waals surface area contributed by atoms with Crippen molar-refractivity contribution in [2.24, 2.45) is 0 Å². The van der Waals surface area contributed by atoms with Crippen molar-refractivity contribution in [2.75, 3.05) is 0 Å². The first-order chi connectivity index (χ1) is 26.8. The molecule has 1 aromatic heterocycles. The van der Waals surface area contributed by atoms with Crippen LogP contribution >= 0.6 is 0 Å². The van der Waals surface area contributed by atoms with E-state index in [0.29, 0.717) is 0 Å². The van der Waals surface area contributed by atoms with Gasteiger partial charge in [0.15, 0.2) is 5.82 Å². The van der Waals surface area contributed by atoms with Crippen molar-refractivity contribution in [2.45, 2.75) is 0 Å². The zero-order chi connectivity index (χ0) is 35.6. The summed E-state index contributed by atoms with van der Waals surface area (Å²) < 4.78 is 0. The summed E-state index contributed by atoms with van der Waals surface area (Å²) >= 11 is 0. The van der Waals surface area contributed by atoms with Crippen molar-refractivity contribution >= 4 is 64.6 Å². The van der Waals surface area contributed by atoms with Crippen molar-refractivity contribution in [1.82, 2.24) is 9.97 Å². The van der Waals surface area contributed by atoms with E-state index in [1.165, 1.54) is 81.7 Å². The summed E-state index contributed by atoms with van der Waals surface area (Å²) in [6.07, 6.45) is 3.67. The Morgan fingerprint density at radius 1 is 0.259 bits per heavy atom. The molecule has 0 aliphatic rings. The Kier molecular flexibility index (Phi) is 6.90. The SMILES string of the molecule is c1ccc(-c2ccc3c(-c4cccc5c(-c6cccc7c6ccc6cc8ccccc8cc67)cccc45)c4ccccc4c(-c4ncccn4)c3c2)cc1. The van der Waals surface area contributed by atoms with Crippen LogP contribution in [-0.4, -0.2) is 9.97 Å². The standard InChI is InChI=1S/C52H32N2/c1-2-12-33(13-3-1)36-24-27-47-49(32-36)51(52-53-28-11-29-54-52)46-17-7-6-16-45(46)50(47)44-23-10-20-39-38(18-8-21-41(39)44)40-19-9-22-42-43(40)26-25-37-30-34-14-4-5-15-35(34)31-48(37)42/h1-32H. The van der Waals surface area contributed by atoms with Gasteiger partial charge in [0.25, 0.3) is 0 Å². The minimum atomic E-state index is 0.729. The summed E-state index contributed by atoms with van der Waals surface area (Å²) in [6, 6.07) is 66.3. The molecule has 2 nitrogen and oxygen atoms in total. The quantitative estimate of drug-likeness (QED) is 0.136. The highest BCUT2D eigenvalue weighted by Crippen LogP contribution is 2.47. The third-order valence-electron chi connectivity index (χ3n) is 11.1. The minimum absolute atomic E-state index is 0.729. The van der Waals surface area contributed by atoms with Crippen LogP contribution in [0.5, 0.6) is 0 Å². The van der Waals surface area contributed by atoms with Crippen LogP contribution in [0.2, 0.25) is 0 Å². The smallest absolute Gasteiger partial charge is 0.160 e. The average Bonchev–Trinajstić information content (AvgIpc) is 3.24. The Hall–Kier alpha value is -7.16. The number of hydrogen-bond donors (Lipinski definition) is 0. The lowest BCUT2D eigenvalue weighted by atomic mass is 9.84. The van der Waals surface area contributed by atoms with Crippen LogP contribution in [0.15, 0.2) is 194 Å². The fourth-order valence-electron chi connectivity index (χ4n) is 8.73. The van der Waals surface area contributed by atoms with Crippen molar-refractivity contribution < 1.29 is 0 Å². The van der Waals surface area contributed by atoms with Gasteiger partial charge in [-0.25, -0.2) is 9.97 Å². The molecule has 0 radical (unpaired) electrons. The molecule has 1 heterocycles. The van der Waals surface area contributed by atoms with Gasteiger partial charge in [-0.2, -0.15) is 0 Å². The van der Waals surface area contributed by atoms with Crippen LogP contribution < -0.4 is 0 Å². The molecule has 11 rings (SSSR count). The molecule has 0 aliphatic carbocycles. The second kappa shape index (κ2) is 12.2. The normalized spacial score (nSPS) is 11.7. The maximum atomic E-state index is 4.80. The molecule has 0 aliphatic heterocycles. The van der Waals surface area contributed by atoms with Gasteiger partial charge >= 0.3 is 0 Å². The van der Waals surface area contributed by atoms with E-state index in [9.17, 15) is 0 Å². The molecule has 10 aromatic carbocycles. The summed E-state index contributed by atoms with van der Waals surface area (Å²) in [5.74, 6) is 0.729. The van der Waals surface area contributed by atoms with Gasteiger partial charge in [-0.15, -0.1) is 0 Å². The van der Waals surface area contributed by atoms with Gasteiger partial charge in [0.05, 0.1) is 0 Å². The molecule has 11 aromatic rings. The van der Waals surface area contributed by atoms with Crippen LogP contribution in [0.4, 0.5) is 0 Å². The molecule has 0 N–H and O–H groups in total. The van der Waals surface area contributed by atoms with Crippen molar-refractivity contribution in [3.63, 3.8) is 0 Å². The number of hydrogen-bond acceptors (Lipinski definition) is 2. The highest BCUT2D eigenvalue weighted by atomic mass is 14.9. The first kappa shape index (κ1) is 30.5. The Labute approximate surface area is 312 Å². The van der Waals surface area contributed by atoms with E-state index in [-0.39, 0.29) is 0 Å². The number of benzene rings is 10. The second-order valence-electron chi connectivity index (χ2n) is 14.1. The van der Waals surface area contributed by atoms with E-state index in [1.807, 2.05) is 18.5 Å². The summed E-state index contributed by atoms with van der Waals surface area (Å²) in [6.45, 7) is 0. The highest BCUT2D eigenvalue weighted by Gasteiger charge is 2.21. The Bertz CT molecular complexity index is 3260. The molecular formula is C52H32N2. The largest absolute Gasteiger partial charge is 0.237 e. The zero-order valence-corrected chi connectivity index (χ0v) is 29.4. The van der Waals surface area contributed by atoms with Crippen LogP contribution in [0, 0.1) is 0 Å². The van der Waals surface area contributed by atoms with E-state index < -0.39 is 0 Å². The molecular weight excluding hydrogens is 653 g/mol. The average molecular weight is 685 g/mol. The van der Waals surface area contributed by atoms with Crippen LogP contribution in [0.1, 0.15) is 0 Å². The number of fused-ring (bicyclic) bond motifs is 7. The fraction of sp³-hybridized carbons (Fsp3) is 0. The van der Waals surface area contributed by atoms with Crippen LogP contribution in [-0.2, 0) is 0 Å². The van der Waals surface area contributed by atoms with Crippen molar-refractivity contribution in [1.29, 1.82) is 0 Å². The Morgan fingerprint density at radius 2 is 0.815 bits per heavy atom. The molecule has 0 saturated carbocycles. The van der Waals surface area contributed by atoms with Gasteiger partial charge in [-0.3, -0.25) is 0 Å². The van der Waals surface area contributed by atoms with Gasteiger partial charge in [0.1, 0.15) is 0 Å². The van der Waals surface area contributed by atoms with Gasteiger partial charge in [0.2, 0.25) is 0 Å². The summed E-state index contributed by atoms with van der Waals surface area (Å²) in [5, 5.41) is 14.7. The molecule has 0 amide bonds. The zero-order valence-electron chi connectivity index (χ0n) is 29.4. The first-order valence-corrected chi connectivity index (χ1v) is 18.5. The minimum Gasteiger partial charge on any atom is -0.237 e. The monoisotopic (exact) mass is 684 g/mol. The number of nitrogens with zero attached hydrogens (tertiary/aromatic N) is 2. The highest BCUT2D eigenvalue weighted by molar-refractivity contribution is 6.24. The van der Waals surface area contributed by atoms with E-state index in [4.69, 9.17) is 9.97 Å².